The summed E-state index contributed by atoms with van der Waals surface area (Å²) >= 11 is 0. The summed E-state index contributed by atoms with van der Waals surface area (Å²) in [4.78, 5) is 0. The van der Waals surface area contributed by atoms with Crippen LogP contribution in [0.2, 0.25) is 0 Å². The lowest BCUT2D eigenvalue weighted by atomic mass is 10.1. The van der Waals surface area contributed by atoms with Crippen LogP contribution < -0.4 is 5.32 Å². The van der Waals surface area contributed by atoms with Gasteiger partial charge in [-0.25, -0.2) is 0 Å². The number of ether oxygens (including phenoxy) is 3. The summed E-state index contributed by atoms with van der Waals surface area (Å²) in [6.45, 7) is 8.85. The molecule has 2 rings (SSSR count). The molecule has 2 fully saturated rings. The molecule has 3 atom stereocenters. The molecular weight excluding hydrogens is 254 g/mol. The number of rotatable bonds is 8. The second-order valence-corrected chi connectivity index (χ2v) is 6.54. The van der Waals surface area contributed by atoms with Crippen molar-refractivity contribution < 1.29 is 14.2 Å². The van der Waals surface area contributed by atoms with E-state index in [2.05, 4.69) is 19.2 Å². The maximum atomic E-state index is 6.00. The van der Waals surface area contributed by atoms with Gasteiger partial charge in [0.2, 0.25) is 0 Å². The van der Waals surface area contributed by atoms with Crippen LogP contribution in [-0.2, 0) is 14.2 Å². The quantitative estimate of drug-likeness (QED) is 0.743. The van der Waals surface area contributed by atoms with Crippen molar-refractivity contribution in [3.05, 3.63) is 0 Å². The molecule has 0 amide bonds. The van der Waals surface area contributed by atoms with Gasteiger partial charge in [-0.2, -0.15) is 0 Å². The SMILES string of the molecule is CC(C)CNCC1CCC(COCC2CCCCO2)O1. The van der Waals surface area contributed by atoms with E-state index in [1.807, 2.05) is 0 Å². The largest absolute Gasteiger partial charge is 0.376 e. The Balaban J connectivity index is 1.50. The average Bonchev–Trinajstić information content (AvgIpc) is 2.87. The first-order valence-corrected chi connectivity index (χ1v) is 8.29. The Bertz CT molecular complexity index is 254. The number of hydrogen-bond acceptors (Lipinski definition) is 4. The van der Waals surface area contributed by atoms with E-state index in [0.717, 1.165) is 52.2 Å². The molecule has 3 unspecified atom stereocenters. The third-order valence-corrected chi connectivity index (χ3v) is 4.00. The highest BCUT2D eigenvalue weighted by Gasteiger charge is 2.25. The van der Waals surface area contributed by atoms with E-state index < -0.39 is 0 Å². The molecule has 0 bridgehead atoms. The molecule has 2 aliphatic heterocycles. The molecule has 2 heterocycles. The first kappa shape index (κ1) is 16.2. The topological polar surface area (TPSA) is 39.7 Å². The van der Waals surface area contributed by atoms with E-state index in [1.165, 1.54) is 12.8 Å². The van der Waals surface area contributed by atoms with E-state index in [1.54, 1.807) is 0 Å². The van der Waals surface area contributed by atoms with Crippen LogP contribution >= 0.6 is 0 Å². The van der Waals surface area contributed by atoms with Crippen molar-refractivity contribution in [3.8, 4) is 0 Å². The van der Waals surface area contributed by atoms with E-state index >= 15 is 0 Å². The van der Waals surface area contributed by atoms with E-state index in [-0.39, 0.29) is 6.10 Å². The van der Waals surface area contributed by atoms with Crippen molar-refractivity contribution in [2.24, 2.45) is 5.92 Å². The number of nitrogens with one attached hydrogen (secondary N) is 1. The molecule has 4 nitrogen and oxygen atoms in total. The molecule has 20 heavy (non-hydrogen) atoms. The van der Waals surface area contributed by atoms with Gasteiger partial charge in [-0.05, 0) is 44.6 Å². The lowest BCUT2D eigenvalue weighted by molar-refractivity contribution is -0.0675. The molecule has 0 aliphatic carbocycles. The predicted octanol–water partition coefficient (Wildman–Crippen LogP) is 2.37. The zero-order chi connectivity index (χ0) is 14.2. The monoisotopic (exact) mass is 285 g/mol. The third kappa shape index (κ3) is 6.08. The summed E-state index contributed by atoms with van der Waals surface area (Å²) in [5.74, 6) is 0.700. The smallest absolute Gasteiger partial charge is 0.0813 e. The van der Waals surface area contributed by atoms with Gasteiger partial charge in [0.25, 0.3) is 0 Å². The van der Waals surface area contributed by atoms with Gasteiger partial charge in [0.15, 0.2) is 0 Å². The van der Waals surface area contributed by atoms with Crippen LogP contribution in [0.15, 0.2) is 0 Å². The Morgan fingerprint density at radius 2 is 1.85 bits per heavy atom. The van der Waals surface area contributed by atoms with Gasteiger partial charge in [-0.15, -0.1) is 0 Å². The van der Waals surface area contributed by atoms with Crippen LogP contribution in [0, 0.1) is 5.92 Å². The summed E-state index contributed by atoms with van der Waals surface area (Å²) in [5, 5.41) is 3.47. The highest BCUT2D eigenvalue weighted by atomic mass is 16.6. The second-order valence-electron chi connectivity index (χ2n) is 6.54. The zero-order valence-electron chi connectivity index (χ0n) is 13.1. The summed E-state index contributed by atoms with van der Waals surface area (Å²) in [6, 6.07) is 0. The van der Waals surface area contributed by atoms with Crippen molar-refractivity contribution in [3.63, 3.8) is 0 Å². The molecule has 0 saturated carbocycles. The molecule has 0 aromatic carbocycles. The highest BCUT2D eigenvalue weighted by molar-refractivity contribution is 4.75. The molecule has 0 aromatic heterocycles. The van der Waals surface area contributed by atoms with E-state index in [0.29, 0.717) is 18.1 Å². The third-order valence-electron chi connectivity index (χ3n) is 4.00. The summed E-state index contributed by atoms with van der Waals surface area (Å²) in [5.41, 5.74) is 0. The van der Waals surface area contributed by atoms with Crippen LogP contribution in [0.25, 0.3) is 0 Å². The fraction of sp³-hybridized carbons (Fsp3) is 1.00. The van der Waals surface area contributed by atoms with Crippen molar-refractivity contribution in [1.82, 2.24) is 5.32 Å². The Hall–Kier alpha value is -0.160. The maximum absolute atomic E-state index is 6.00. The minimum absolute atomic E-state index is 0.282. The Labute approximate surface area is 123 Å². The van der Waals surface area contributed by atoms with Crippen LogP contribution in [0.4, 0.5) is 0 Å². The average molecular weight is 285 g/mol. The van der Waals surface area contributed by atoms with Gasteiger partial charge in [0, 0.05) is 13.2 Å². The van der Waals surface area contributed by atoms with Crippen LogP contribution in [-0.4, -0.2) is 51.2 Å². The summed E-state index contributed by atoms with van der Waals surface area (Å²) in [6.07, 6.45) is 6.86. The highest BCUT2D eigenvalue weighted by Crippen LogP contribution is 2.20. The van der Waals surface area contributed by atoms with E-state index in [4.69, 9.17) is 14.2 Å². The van der Waals surface area contributed by atoms with E-state index in [9.17, 15) is 0 Å². The van der Waals surface area contributed by atoms with Crippen LogP contribution in [0.5, 0.6) is 0 Å². The lowest BCUT2D eigenvalue weighted by Crippen LogP contribution is -2.31. The van der Waals surface area contributed by atoms with Crippen LogP contribution in [0.1, 0.15) is 46.0 Å². The van der Waals surface area contributed by atoms with Crippen LogP contribution in [0.3, 0.4) is 0 Å². The standard InChI is InChI=1S/C16H31NO3/c1-13(2)9-17-10-14-6-7-16(20-14)12-18-11-15-5-3-4-8-19-15/h13-17H,3-12H2,1-2H3. The molecule has 118 valence electrons. The van der Waals surface area contributed by atoms with Crippen molar-refractivity contribution in [2.75, 3.05) is 32.9 Å². The summed E-state index contributed by atoms with van der Waals surface area (Å²) < 4.78 is 17.4. The van der Waals surface area contributed by atoms with Gasteiger partial charge >= 0.3 is 0 Å². The molecule has 1 N–H and O–H groups in total. The summed E-state index contributed by atoms with van der Waals surface area (Å²) in [7, 11) is 0. The first-order valence-electron chi connectivity index (χ1n) is 8.29. The fourth-order valence-corrected chi connectivity index (χ4v) is 2.86. The zero-order valence-corrected chi connectivity index (χ0v) is 13.1. The molecule has 0 radical (unpaired) electrons. The second kappa shape index (κ2) is 8.98. The lowest BCUT2D eigenvalue weighted by Gasteiger charge is -2.23. The Morgan fingerprint density at radius 1 is 1.05 bits per heavy atom. The Kier molecular flexibility index (Phi) is 7.28. The van der Waals surface area contributed by atoms with Crippen molar-refractivity contribution in [1.29, 1.82) is 0 Å². The van der Waals surface area contributed by atoms with Gasteiger partial charge in [0.1, 0.15) is 0 Å². The molecular formula is C16H31NO3. The predicted molar refractivity (Wildman–Crippen MR) is 80.0 cm³/mol. The first-order chi connectivity index (χ1) is 9.74. The van der Waals surface area contributed by atoms with Crippen molar-refractivity contribution in [2.45, 2.75) is 64.3 Å². The van der Waals surface area contributed by atoms with Gasteiger partial charge in [0.05, 0.1) is 31.5 Å². The molecule has 0 spiro atoms. The Morgan fingerprint density at radius 3 is 2.60 bits per heavy atom. The number of hydrogen-bond donors (Lipinski definition) is 1. The molecule has 0 aromatic rings. The van der Waals surface area contributed by atoms with Gasteiger partial charge in [-0.1, -0.05) is 13.8 Å². The van der Waals surface area contributed by atoms with Gasteiger partial charge in [-0.3, -0.25) is 0 Å². The fourth-order valence-electron chi connectivity index (χ4n) is 2.86. The van der Waals surface area contributed by atoms with Gasteiger partial charge < -0.3 is 19.5 Å². The molecule has 2 saturated heterocycles. The normalized spacial score (nSPS) is 31.1. The molecule has 4 heteroatoms. The minimum Gasteiger partial charge on any atom is -0.376 e. The van der Waals surface area contributed by atoms with Crippen molar-refractivity contribution >= 4 is 0 Å². The maximum Gasteiger partial charge on any atom is 0.0813 e. The minimum atomic E-state index is 0.282. The molecule has 2 aliphatic rings.